The number of benzene rings is 2. The maximum atomic E-state index is 12.8. The van der Waals surface area contributed by atoms with Crippen molar-refractivity contribution < 1.29 is 19.0 Å². The number of hydrogen-bond donors (Lipinski definition) is 0. The molecule has 0 amide bonds. The Hall–Kier alpha value is -2.86. The molecular formula is C20H19NO4S. The quantitative estimate of drug-likeness (QED) is 0.590. The summed E-state index contributed by atoms with van der Waals surface area (Å²) in [5, 5.41) is 2.68. The lowest BCUT2D eigenvalue weighted by atomic mass is 10.1. The maximum Gasteiger partial charge on any atom is 0.212 e. The van der Waals surface area contributed by atoms with Crippen LogP contribution in [0.3, 0.4) is 0 Å². The average Bonchev–Trinajstić information content (AvgIpc) is 3.15. The number of carbonyl (C=O) groups excluding carboxylic acids is 1. The van der Waals surface area contributed by atoms with E-state index in [0.29, 0.717) is 34.9 Å². The van der Waals surface area contributed by atoms with Gasteiger partial charge in [-0.15, -0.1) is 11.3 Å². The molecule has 0 radical (unpaired) electrons. The molecule has 0 fully saturated rings. The van der Waals surface area contributed by atoms with Gasteiger partial charge in [-0.25, -0.2) is 4.98 Å². The fourth-order valence-electron chi connectivity index (χ4n) is 2.63. The molecule has 0 aliphatic rings. The Morgan fingerprint density at radius 1 is 1.00 bits per heavy atom. The summed E-state index contributed by atoms with van der Waals surface area (Å²) in [6.45, 7) is 0. The highest BCUT2D eigenvalue weighted by Gasteiger charge is 2.20. The van der Waals surface area contributed by atoms with E-state index in [1.807, 2.05) is 30.3 Å². The molecule has 26 heavy (non-hydrogen) atoms. The fourth-order valence-corrected chi connectivity index (χ4v) is 3.44. The van der Waals surface area contributed by atoms with Crippen molar-refractivity contribution in [3.05, 3.63) is 69.7 Å². The number of carbonyl (C=O) groups is 1. The predicted molar refractivity (Wildman–Crippen MR) is 101 cm³/mol. The smallest absolute Gasteiger partial charge is 0.212 e. The molecule has 0 unspecified atom stereocenters. The van der Waals surface area contributed by atoms with E-state index in [9.17, 15) is 4.79 Å². The zero-order valence-electron chi connectivity index (χ0n) is 14.8. The number of hydrogen-bond acceptors (Lipinski definition) is 6. The largest absolute Gasteiger partial charge is 0.493 e. The molecule has 1 aromatic heterocycles. The number of thiazole rings is 1. The Bertz CT molecular complexity index is 880. The van der Waals surface area contributed by atoms with Crippen molar-refractivity contribution in [2.75, 3.05) is 21.3 Å². The van der Waals surface area contributed by atoms with Crippen LogP contribution in [0.5, 0.6) is 17.2 Å². The first-order valence-corrected chi connectivity index (χ1v) is 8.87. The van der Waals surface area contributed by atoms with Crippen LogP contribution in [0, 0.1) is 0 Å². The third-order valence-corrected chi connectivity index (χ3v) is 4.76. The Morgan fingerprint density at radius 3 is 2.23 bits per heavy atom. The number of ether oxygens (including phenoxy) is 3. The van der Waals surface area contributed by atoms with Crippen LogP contribution in [0.15, 0.2) is 47.8 Å². The van der Waals surface area contributed by atoms with Gasteiger partial charge >= 0.3 is 0 Å². The Balaban J connectivity index is 1.88. The van der Waals surface area contributed by atoms with Crippen molar-refractivity contribution in [1.82, 2.24) is 4.98 Å². The lowest BCUT2D eigenvalue weighted by molar-refractivity contribution is 0.103. The van der Waals surface area contributed by atoms with Gasteiger partial charge in [0.15, 0.2) is 11.5 Å². The van der Waals surface area contributed by atoms with Gasteiger partial charge in [-0.2, -0.15) is 0 Å². The summed E-state index contributed by atoms with van der Waals surface area (Å²) in [5.41, 5.74) is 2.01. The lowest BCUT2D eigenvalue weighted by Crippen LogP contribution is -2.05. The Morgan fingerprint density at radius 2 is 1.65 bits per heavy atom. The zero-order chi connectivity index (χ0) is 18.5. The normalized spacial score (nSPS) is 10.4. The fraction of sp³-hybridized carbons (Fsp3) is 0.200. The zero-order valence-corrected chi connectivity index (χ0v) is 15.6. The van der Waals surface area contributed by atoms with Gasteiger partial charge in [0, 0.05) is 17.4 Å². The first kappa shape index (κ1) is 17.9. The summed E-state index contributed by atoms with van der Waals surface area (Å²) in [6.07, 6.45) is 0.702. The highest BCUT2D eigenvalue weighted by atomic mass is 32.1. The molecule has 5 nitrogen and oxygen atoms in total. The van der Waals surface area contributed by atoms with Gasteiger partial charge in [-0.05, 0) is 17.7 Å². The number of methoxy groups -OCH3 is 3. The summed E-state index contributed by atoms with van der Waals surface area (Å²) in [5.74, 6) is 1.15. The molecule has 0 spiro atoms. The number of nitrogens with zero attached hydrogens (tertiary/aromatic N) is 1. The minimum atomic E-state index is -0.181. The van der Waals surface area contributed by atoms with Crippen LogP contribution in [0.1, 0.15) is 26.6 Å². The van der Waals surface area contributed by atoms with Crippen LogP contribution in [-0.2, 0) is 6.42 Å². The first-order valence-electron chi connectivity index (χ1n) is 7.99. The highest BCUT2D eigenvalue weighted by molar-refractivity contribution is 7.09. The molecule has 0 bridgehead atoms. The molecule has 1 heterocycles. The summed E-state index contributed by atoms with van der Waals surface area (Å²) in [4.78, 5) is 17.3. The van der Waals surface area contributed by atoms with Crippen molar-refractivity contribution in [3.8, 4) is 17.2 Å². The van der Waals surface area contributed by atoms with Gasteiger partial charge < -0.3 is 14.2 Å². The number of aromatic nitrogens is 1. The van der Waals surface area contributed by atoms with E-state index < -0.39 is 0 Å². The summed E-state index contributed by atoms with van der Waals surface area (Å²) in [7, 11) is 4.57. The highest BCUT2D eigenvalue weighted by Crippen LogP contribution is 2.38. The van der Waals surface area contributed by atoms with Crippen LogP contribution in [-0.4, -0.2) is 32.1 Å². The van der Waals surface area contributed by atoms with E-state index in [4.69, 9.17) is 14.2 Å². The van der Waals surface area contributed by atoms with E-state index in [-0.39, 0.29) is 5.78 Å². The van der Waals surface area contributed by atoms with E-state index in [2.05, 4.69) is 4.98 Å². The third kappa shape index (κ3) is 3.70. The van der Waals surface area contributed by atoms with E-state index in [0.717, 1.165) is 10.6 Å². The van der Waals surface area contributed by atoms with Crippen molar-refractivity contribution in [2.45, 2.75) is 6.42 Å². The predicted octanol–water partition coefficient (Wildman–Crippen LogP) is 3.99. The van der Waals surface area contributed by atoms with Crippen molar-refractivity contribution >= 4 is 17.1 Å². The molecule has 0 aliphatic carbocycles. The second-order valence-corrected chi connectivity index (χ2v) is 6.47. The van der Waals surface area contributed by atoms with Gasteiger partial charge in [-0.3, -0.25) is 4.79 Å². The summed E-state index contributed by atoms with van der Waals surface area (Å²) < 4.78 is 15.9. The standard InChI is InChI=1S/C20H19NO4S/c1-23-16-10-14(11-17(24-2)20(16)25-3)19(22)15-12-26-18(21-15)9-13-7-5-4-6-8-13/h4-8,10-12H,9H2,1-3H3. The van der Waals surface area contributed by atoms with Crippen LogP contribution in [0.2, 0.25) is 0 Å². The van der Waals surface area contributed by atoms with Gasteiger partial charge in [0.2, 0.25) is 11.5 Å². The SMILES string of the molecule is COc1cc(C(=O)c2csc(Cc3ccccc3)n2)cc(OC)c1OC. The summed E-state index contributed by atoms with van der Waals surface area (Å²) >= 11 is 1.48. The molecule has 6 heteroatoms. The third-order valence-electron chi connectivity index (χ3n) is 3.91. The van der Waals surface area contributed by atoms with Gasteiger partial charge in [0.05, 0.1) is 26.3 Å². The van der Waals surface area contributed by atoms with E-state index in [1.165, 1.54) is 32.7 Å². The van der Waals surface area contributed by atoms with E-state index in [1.54, 1.807) is 17.5 Å². The van der Waals surface area contributed by atoms with Crippen molar-refractivity contribution in [2.24, 2.45) is 0 Å². The molecule has 0 atom stereocenters. The average molecular weight is 369 g/mol. The summed E-state index contributed by atoms with van der Waals surface area (Å²) in [6, 6.07) is 13.3. The van der Waals surface area contributed by atoms with E-state index >= 15 is 0 Å². The molecule has 0 aliphatic heterocycles. The number of rotatable bonds is 7. The minimum Gasteiger partial charge on any atom is -0.493 e. The topological polar surface area (TPSA) is 57.7 Å². The van der Waals surface area contributed by atoms with Crippen LogP contribution in [0.25, 0.3) is 0 Å². The molecule has 0 N–H and O–H groups in total. The minimum absolute atomic E-state index is 0.181. The molecule has 134 valence electrons. The molecule has 0 saturated heterocycles. The maximum absolute atomic E-state index is 12.8. The van der Waals surface area contributed by atoms with Crippen LogP contribution >= 0.6 is 11.3 Å². The van der Waals surface area contributed by atoms with Gasteiger partial charge in [-0.1, -0.05) is 30.3 Å². The molecule has 3 aromatic rings. The lowest BCUT2D eigenvalue weighted by Gasteiger charge is -2.13. The second-order valence-electron chi connectivity index (χ2n) is 5.53. The van der Waals surface area contributed by atoms with Gasteiger partial charge in [0.1, 0.15) is 5.69 Å². The van der Waals surface area contributed by atoms with Crippen LogP contribution < -0.4 is 14.2 Å². The second kappa shape index (κ2) is 8.01. The first-order chi connectivity index (χ1) is 12.7. The molecule has 2 aromatic carbocycles. The Labute approximate surface area is 156 Å². The molecule has 3 rings (SSSR count). The van der Waals surface area contributed by atoms with Crippen molar-refractivity contribution in [1.29, 1.82) is 0 Å². The molecular weight excluding hydrogens is 350 g/mol. The Kier molecular flexibility index (Phi) is 5.53. The van der Waals surface area contributed by atoms with Crippen molar-refractivity contribution in [3.63, 3.8) is 0 Å². The monoisotopic (exact) mass is 369 g/mol. The number of ketones is 1. The molecule has 0 saturated carbocycles. The van der Waals surface area contributed by atoms with Gasteiger partial charge in [0.25, 0.3) is 0 Å². The van der Waals surface area contributed by atoms with Crippen LogP contribution in [0.4, 0.5) is 0 Å².